The predicted molar refractivity (Wildman–Crippen MR) is 76.2 cm³/mol. The number of hydrogen-bond donors (Lipinski definition) is 1. The summed E-state index contributed by atoms with van der Waals surface area (Å²) < 4.78 is 5.72. The molecular weight excluding hydrogens is 252 g/mol. The summed E-state index contributed by atoms with van der Waals surface area (Å²) in [7, 11) is 0. The molecule has 0 fully saturated rings. The molecule has 0 atom stereocenters. The Morgan fingerprint density at radius 3 is 2.70 bits per heavy atom. The van der Waals surface area contributed by atoms with Crippen LogP contribution >= 0.6 is 0 Å². The quantitative estimate of drug-likeness (QED) is 0.788. The lowest BCUT2D eigenvalue weighted by Crippen LogP contribution is -1.98. The number of ether oxygens (including phenoxy) is 1. The average molecular weight is 266 g/mol. The molecule has 1 N–H and O–H groups in total. The van der Waals surface area contributed by atoms with E-state index < -0.39 is 0 Å². The third-order valence-electron chi connectivity index (χ3n) is 3.07. The molecule has 4 heteroatoms. The minimum absolute atomic E-state index is 0.0620. The van der Waals surface area contributed by atoms with E-state index in [1.165, 1.54) is 0 Å². The molecule has 1 aromatic carbocycles. The molecular formula is C16H14N2O2. The highest BCUT2D eigenvalue weighted by Crippen LogP contribution is 2.18. The van der Waals surface area contributed by atoms with Gasteiger partial charge in [-0.15, -0.1) is 0 Å². The van der Waals surface area contributed by atoms with Gasteiger partial charge in [-0.05, 0) is 18.2 Å². The van der Waals surface area contributed by atoms with E-state index in [2.05, 4.69) is 9.97 Å². The zero-order valence-corrected chi connectivity index (χ0v) is 10.9. The average Bonchev–Trinajstić information content (AvgIpc) is 2.53. The highest BCUT2D eigenvalue weighted by Gasteiger charge is 2.03. The molecule has 4 nitrogen and oxygen atoms in total. The zero-order valence-electron chi connectivity index (χ0n) is 10.9. The van der Waals surface area contributed by atoms with E-state index in [0.717, 1.165) is 16.5 Å². The van der Waals surface area contributed by atoms with Gasteiger partial charge in [-0.25, -0.2) is 0 Å². The van der Waals surface area contributed by atoms with Crippen molar-refractivity contribution in [3.8, 4) is 5.75 Å². The Morgan fingerprint density at radius 1 is 1.00 bits per heavy atom. The van der Waals surface area contributed by atoms with E-state index in [9.17, 15) is 0 Å². The van der Waals surface area contributed by atoms with Crippen molar-refractivity contribution in [3.05, 3.63) is 66.1 Å². The van der Waals surface area contributed by atoms with Crippen LogP contribution in [0.25, 0.3) is 10.9 Å². The number of benzene rings is 1. The monoisotopic (exact) mass is 266 g/mol. The first-order valence-corrected chi connectivity index (χ1v) is 6.38. The first-order valence-electron chi connectivity index (χ1n) is 6.38. The van der Waals surface area contributed by atoms with Crippen LogP contribution in [0.2, 0.25) is 0 Å². The first-order chi connectivity index (χ1) is 9.86. The lowest BCUT2D eigenvalue weighted by atomic mass is 10.1. The van der Waals surface area contributed by atoms with Crippen molar-refractivity contribution in [3.63, 3.8) is 0 Å². The summed E-state index contributed by atoms with van der Waals surface area (Å²) in [6.07, 6.45) is 3.40. The maximum atomic E-state index is 8.94. The highest BCUT2D eigenvalue weighted by atomic mass is 16.5. The number of aromatic nitrogens is 2. The summed E-state index contributed by atoms with van der Waals surface area (Å²) in [6.45, 7) is 0.377. The van der Waals surface area contributed by atoms with Gasteiger partial charge in [-0.1, -0.05) is 24.3 Å². The topological polar surface area (TPSA) is 55.2 Å². The minimum Gasteiger partial charge on any atom is -0.487 e. The molecule has 0 radical (unpaired) electrons. The van der Waals surface area contributed by atoms with Gasteiger partial charge < -0.3 is 9.84 Å². The summed E-state index contributed by atoms with van der Waals surface area (Å²) >= 11 is 0. The Bertz CT molecular complexity index is 706. The van der Waals surface area contributed by atoms with E-state index in [1.807, 2.05) is 30.3 Å². The van der Waals surface area contributed by atoms with Gasteiger partial charge >= 0.3 is 0 Å². The van der Waals surface area contributed by atoms with Crippen LogP contribution in [-0.4, -0.2) is 15.1 Å². The van der Waals surface area contributed by atoms with Crippen molar-refractivity contribution in [2.75, 3.05) is 0 Å². The number of rotatable bonds is 4. The molecule has 100 valence electrons. The lowest BCUT2D eigenvalue weighted by Gasteiger charge is -2.08. The molecule has 3 aromatic rings. The van der Waals surface area contributed by atoms with E-state index in [-0.39, 0.29) is 6.61 Å². The number of pyridine rings is 2. The van der Waals surface area contributed by atoms with E-state index in [1.54, 1.807) is 24.5 Å². The maximum absolute atomic E-state index is 8.94. The zero-order chi connectivity index (χ0) is 13.8. The summed E-state index contributed by atoms with van der Waals surface area (Å²) in [4.78, 5) is 8.47. The SMILES string of the molecule is OCc1ccc(OCc2cccc3cccnc23)cn1. The van der Waals surface area contributed by atoms with Crippen molar-refractivity contribution in [2.24, 2.45) is 0 Å². The van der Waals surface area contributed by atoms with Crippen molar-refractivity contribution in [2.45, 2.75) is 13.2 Å². The van der Waals surface area contributed by atoms with Crippen LogP contribution in [-0.2, 0) is 13.2 Å². The van der Waals surface area contributed by atoms with Crippen LogP contribution in [0.4, 0.5) is 0 Å². The summed E-state index contributed by atoms with van der Waals surface area (Å²) in [5, 5.41) is 10.0. The molecule has 0 spiro atoms. The second-order valence-electron chi connectivity index (χ2n) is 4.42. The predicted octanol–water partition coefficient (Wildman–Crippen LogP) is 2.70. The Labute approximate surface area is 116 Å². The van der Waals surface area contributed by atoms with Crippen molar-refractivity contribution in [1.29, 1.82) is 0 Å². The molecule has 2 aromatic heterocycles. The molecule has 0 saturated heterocycles. The largest absolute Gasteiger partial charge is 0.487 e. The number of aliphatic hydroxyl groups excluding tert-OH is 1. The van der Waals surface area contributed by atoms with E-state index in [0.29, 0.717) is 18.1 Å². The van der Waals surface area contributed by atoms with Gasteiger partial charge in [0.1, 0.15) is 12.4 Å². The third kappa shape index (κ3) is 2.60. The van der Waals surface area contributed by atoms with Crippen LogP contribution in [0, 0.1) is 0 Å². The molecule has 0 unspecified atom stereocenters. The van der Waals surface area contributed by atoms with Gasteiger partial charge in [0.2, 0.25) is 0 Å². The van der Waals surface area contributed by atoms with Crippen LogP contribution in [0.5, 0.6) is 5.75 Å². The van der Waals surface area contributed by atoms with Crippen molar-refractivity contribution in [1.82, 2.24) is 9.97 Å². The number of nitrogens with zero attached hydrogens (tertiary/aromatic N) is 2. The summed E-state index contributed by atoms with van der Waals surface area (Å²) in [5.74, 6) is 0.676. The molecule has 20 heavy (non-hydrogen) atoms. The van der Waals surface area contributed by atoms with Crippen LogP contribution < -0.4 is 4.74 Å². The Kier molecular flexibility index (Phi) is 3.56. The Morgan fingerprint density at radius 2 is 1.90 bits per heavy atom. The number of fused-ring (bicyclic) bond motifs is 1. The smallest absolute Gasteiger partial charge is 0.138 e. The fourth-order valence-electron chi connectivity index (χ4n) is 2.03. The van der Waals surface area contributed by atoms with Crippen molar-refractivity contribution >= 4 is 10.9 Å². The standard InChI is InChI=1S/C16H14N2O2/c19-10-14-6-7-15(9-18-14)20-11-13-4-1-3-12-5-2-8-17-16(12)13/h1-9,19H,10-11H2. The number of hydrogen-bond acceptors (Lipinski definition) is 4. The second kappa shape index (κ2) is 5.67. The minimum atomic E-state index is -0.0620. The Hall–Kier alpha value is -2.46. The summed E-state index contributed by atoms with van der Waals surface area (Å²) in [6, 6.07) is 13.5. The van der Waals surface area contributed by atoms with Crippen LogP contribution in [0.3, 0.4) is 0 Å². The van der Waals surface area contributed by atoms with Gasteiger partial charge in [-0.2, -0.15) is 0 Å². The molecule has 2 heterocycles. The first kappa shape index (κ1) is 12.6. The van der Waals surface area contributed by atoms with Gasteiger partial charge in [0, 0.05) is 17.1 Å². The van der Waals surface area contributed by atoms with Crippen LogP contribution in [0.15, 0.2) is 54.9 Å². The Balaban J connectivity index is 1.79. The lowest BCUT2D eigenvalue weighted by molar-refractivity contribution is 0.275. The fraction of sp³-hybridized carbons (Fsp3) is 0.125. The van der Waals surface area contributed by atoms with Gasteiger partial charge in [0.05, 0.1) is 24.0 Å². The summed E-state index contributed by atoms with van der Waals surface area (Å²) in [5.41, 5.74) is 2.62. The van der Waals surface area contributed by atoms with Gasteiger partial charge in [-0.3, -0.25) is 9.97 Å². The normalized spacial score (nSPS) is 10.7. The maximum Gasteiger partial charge on any atom is 0.138 e. The molecule has 0 aliphatic carbocycles. The van der Waals surface area contributed by atoms with E-state index >= 15 is 0 Å². The van der Waals surface area contributed by atoms with Crippen molar-refractivity contribution < 1.29 is 9.84 Å². The molecule has 3 rings (SSSR count). The second-order valence-corrected chi connectivity index (χ2v) is 4.42. The fourth-order valence-corrected chi connectivity index (χ4v) is 2.03. The molecule has 0 aliphatic rings. The number of para-hydroxylation sites is 1. The number of aliphatic hydroxyl groups is 1. The highest BCUT2D eigenvalue weighted by molar-refractivity contribution is 5.81. The third-order valence-corrected chi connectivity index (χ3v) is 3.07. The molecule has 0 amide bonds. The molecule has 0 bridgehead atoms. The van der Waals surface area contributed by atoms with E-state index in [4.69, 9.17) is 9.84 Å². The van der Waals surface area contributed by atoms with Gasteiger partial charge in [0.25, 0.3) is 0 Å². The molecule has 0 saturated carbocycles. The molecule has 0 aliphatic heterocycles. The van der Waals surface area contributed by atoms with Crippen LogP contribution in [0.1, 0.15) is 11.3 Å². The van der Waals surface area contributed by atoms with Gasteiger partial charge in [0.15, 0.2) is 0 Å².